The molecule has 1 aliphatic heterocycles. The number of hydrogen-bond donors (Lipinski definition) is 3. The molecule has 0 radical (unpaired) electrons. The number of amides is 3. The van der Waals surface area contributed by atoms with Crippen LogP contribution in [0.4, 0.5) is 16.2 Å². The third-order valence-corrected chi connectivity index (χ3v) is 5.75. The van der Waals surface area contributed by atoms with Crippen molar-refractivity contribution in [3.63, 3.8) is 0 Å². The van der Waals surface area contributed by atoms with Crippen molar-refractivity contribution in [3.05, 3.63) is 54.1 Å². The highest BCUT2D eigenvalue weighted by atomic mass is 16.5. The van der Waals surface area contributed by atoms with Crippen LogP contribution in [0.15, 0.2) is 48.5 Å². The van der Waals surface area contributed by atoms with E-state index < -0.39 is 0 Å². The monoisotopic (exact) mass is 454 g/mol. The van der Waals surface area contributed by atoms with E-state index in [1.165, 1.54) is 0 Å². The maximum atomic E-state index is 13.2. The van der Waals surface area contributed by atoms with Crippen molar-refractivity contribution in [1.82, 2.24) is 9.80 Å². The lowest BCUT2D eigenvalue weighted by Gasteiger charge is -2.33. The van der Waals surface area contributed by atoms with Crippen molar-refractivity contribution in [2.24, 2.45) is 5.92 Å². The average Bonchev–Trinajstić information content (AvgIpc) is 2.82. The molecule has 2 aromatic carbocycles. The van der Waals surface area contributed by atoms with Gasteiger partial charge in [-0.05, 0) is 51.4 Å². The molecule has 3 atom stereocenters. The highest BCUT2D eigenvalue weighted by Crippen LogP contribution is 2.29. The second kappa shape index (κ2) is 11.2. The smallest absolute Gasteiger partial charge is 0.323 e. The Hall–Kier alpha value is -3.10. The first-order valence-electron chi connectivity index (χ1n) is 11.2. The van der Waals surface area contributed by atoms with Crippen LogP contribution in [0.3, 0.4) is 0 Å². The zero-order chi connectivity index (χ0) is 24.0. The Labute approximate surface area is 195 Å². The van der Waals surface area contributed by atoms with E-state index in [1.54, 1.807) is 35.2 Å². The van der Waals surface area contributed by atoms with Gasteiger partial charge in [-0.3, -0.25) is 4.79 Å². The fourth-order valence-corrected chi connectivity index (χ4v) is 3.90. The number of nitrogens with one attached hydrogen (secondary N) is 2. The lowest BCUT2D eigenvalue weighted by molar-refractivity contribution is -0.134. The molecule has 3 rings (SSSR count). The zero-order valence-corrected chi connectivity index (χ0v) is 19.7. The number of benzene rings is 2. The van der Waals surface area contributed by atoms with E-state index in [9.17, 15) is 14.7 Å². The number of anilines is 2. The van der Waals surface area contributed by atoms with Gasteiger partial charge in [0, 0.05) is 35.9 Å². The molecule has 2 aromatic rings. The summed E-state index contributed by atoms with van der Waals surface area (Å²) in [6.45, 7) is 4.99. The third kappa shape index (κ3) is 6.69. The van der Waals surface area contributed by atoms with E-state index in [0.29, 0.717) is 35.8 Å². The van der Waals surface area contributed by atoms with Gasteiger partial charge in [-0.15, -0.1) is 0 Å². The topological polar surface area (TPSA) is 94.1 Å². The Morgan fingerprint density at radius 1 is 1.18 bits per heavy atom. The van der Waals surface area contributed by atoms with Crippen molar-refractivity contribution in [1.29, 1.82) is 0 Å². The maximum Gasteiger partial charge on any atom is 0.323 e. The maximum absolute atomic E-state index is 13.2. The Kier molecular flexibility index (Phi) is 8.30. The minimum Gasteiger partial charge on any atom is -0.488 e. The van der Waals surface area contributed by atoms with Crippen LogP contribution >= 0.6 is 0 Å². The summed E-state index contributed by atoms with van der Waals surface area (Å²) in [6.07, 6.45) is -0.0186. The van der Waals surface area contributed by atoms with Crippen LogP contribution in [0.1, 0.15) is 19.4 Å². The fourth-order valence-electron chi connectivity index (χ4n) is 3.90. The number of aliphatic hydroxyl groups excluding tert-OH is 1. The Morgan fingerprint density at radius 3 is 2.55 bits per heavy atom. The number of hydrogen-bond acceptors (Lipinski definition) is 5. The number of carbonyl (C=O) groups excluding carboxylic acids is 2. The van der Waals surface area contributed by atoms with Gasteiger partial charge in [0.05, 0.1) is 19.1 Å². The number of nitrogens with zero attached hydrogens (tertiary/aromatic N) is 2. The molecule has 8 heteroatoms. The van der Waals surface area contributed by atoms with Gasteiger partial charge in [0.15, 0.2) is 0 Å². The highest BCUT2D eigenvalue weighted by Gasteiger charge is 2.30. The summed E-state index contributed by atoms with van der Waals surface area (Å²) in [5.74, 6) is 0.616. The molecule has 33 heavy (non-hydrogen) atoms. The predicted octanol–water partition coefficient (Wildman–Crippen LogP) is 3.04. The van der Waals surface area contributed by atoms with Crippen LogP contribution in [0.25, 0.3) is 0 Å². The van der Waals surface area contributed by atoms with Gasteiger partial charge in [-0.1, -0.05) is 25.1 Å². The molecule has 0 saturated carbocycles. The molecule has 178 valence electrons. The summed E-state index contributed by atoms with van der Waals surface area (Å²) in [6, 6.07) is 13.9. The van der Waals surface area contributed by atoms with Crippen LogP contribution in [-0.2, 0) is 11.2 Å². The Balaban J connectivity index is 1.86. The number of aliphatic hydroxyl groups is 1. The van der Waals surface area contributed by atoms with E-state index in [1.807, 2.05) is 39.2 Å². The lowest BCUT2D eigenvalue weighted by Crippen LogP contribution is -2.47. The number of ether oxygens (including phenoxy) is 1. The first-order chi connectivity index (χ1) is 15.8. The normalized spacial score (nSPS) is 19.6. The van der Waals surface area contributed by atoms with Crippen molar-refractivity contribution in [2.75, 3.05) is 44.4 Å². The number of carbonyl (C=O) groups is 2. The second-order valence-corrected chi connectivity index (χ2v) is 8.92. The molecule has 0 aliphatic carbocycles. The minimum atomic E-state index is -0.369. The minimum absolute atomic E-state index is 0.0609. The first kappa shape index (κ1) is 24.5. The predicted molar refractivity (Wildman–Crippen MR) is 130 cm³/mol. The molecule has 0 bridgehead atoms. The van der Waals surface area contributed by atoms with Gasteiger partial charge in [-0.2, -0.15) is 0 Å². The van der Waals surface area contributed by atoms with Gasteiger partial charge < -0.3 is 30.3 Å². The molecular weight excluding hydrogens is 420 g/mol. The highest BCUT2D eigenvalue weighted by molar-refractivity contribution is 5.99. The number of urea groups is 1. The van der Waals surface area contributed by atoms with Crippen molar-refractivity contribution in [2.45, 2.75) is 32.4 Å². The zero-order valence-electron chi connectivity index (χ0n) is 19.7. The largest absolute Gasteiger partial charge is 0.488 e. The summed E-state index contributed by atoms with van der Waals surface area (Å²) >= 11 is 0. The van der Waals surface area contributed by atoms with Crippen molar-refractivity contribution < 1.29 is 19.4 Å². The molecule has 3 N–H and O–H groups in total. The molecule has 0 aromatic heterocycles. The molecule has 3 amide bonds. The van der Waals surface area contributed by atoms with Crippen molar-refractivity contribution in [3.8, 4) is 5.75 Å². The summed E-state index contributed by atoms with van der Waals surface area (Å²) in [4.78, 5) is 29.4. The summed E-state index contributed by atoms with van der Waals surface area (Å²) < 4.78 is 6.39. The molecule has 1 aliphatic rings. The quantitative estimate of drug-likeness (QED) is 0.624. The molecule has 0 spiro atoms. The van der Waals surface area contributed by atoms with Crippen LogP contribution < -0.4 is 15.4 Å². The van der Waals surface area contributed by atoms with Crippen molar-refractivity contribution >= 4 is 23.3 Å². The van der Waals surface area contributed by atoms with E-state index >= 15 is 0 Å². The van der Waals surface area contributed by atoms with Crippen LogP contribution in [0, 0.1) is 5.92 Å². The molecule has 0 fully saturated rings. The molecule has 1 heterocycles. The molecule has 0 saturated heterocycles. The van der Waals surface area contributed by atoms with Crippen LogP contribution in [-0.4, -0.2) is 72.8 Å². The second-order valence-electron chi connectivity index (χ2n) is 8.92. The Bertz CT molecular complexity index is 951. The molecule has 0 unspecified atom stereocenters. The lowest BCUT2D eigenvalue weighted by atomic mass is 10.0. The van der Waals surface area contributed by atoms with Gasteiger partial charge in [0.2, 0.25) is 5.91 Å². The molecular formula is C25H34N4O4. The first-order valence-corrected chi connectivity index (χ1v) is 11.2. The fraction of sp³-hybridized carbons (Fsp3) is 0.440. The van der Waals surface area contributed by atoms with E-state index in [-0.39, 0.29) is 43.0 Å². The van der Waals surface area contributed by atoms with Crippen LogP contribution in [0.5, 0.6) is 5.75 Å². The van der Waals surface area contributed by atoms with E-state index in [0.717, 1.165) is 0 Å². The summed E-state index contributed by atoms with van der Waals surface area (Å²) in [7, 11) is 3.97. The Morgan fingerprint density at radius 2 is 1.88 bits per heavy atom. The van der Waals surface area contributed by atoms with Crippen LogP contribution in [0.2, 0.25) is 0 Å². The SMILES string of the molecule is C[C@H]1CN([C@@H](C)CO)C(=O)Cc2cc(NC(=O)Nc3ccccc3)ccc2O[C@H]1CN(C)C. The van der Waals surface area contributed by atoms with Gasteiger partial charge in [-0.25, -0.2) is 4.79 Å². The average molecular weight is 455 g/mol. The number of rotatable bonds is 6. The summed E-state index contributed by atoms with van der Waals surface area (Å²) in [5.41, 5.74) is 1.95. The molecule has 8 nitrogen and oxygen atoms in total. The number of para-hydroxylation sites is 1. The van der Waals surface area contributed by atoms with E-state index in [2.05, 4.69) is 22.5 Å². The third-order valence-electron chi connectivity index (χ3n) is 5.75. The standard InChI is InChI=1S/C25H34N4O4/c1-17-14-29(18(2)16-30)24(31)13-19-12-21(10-11-22(19)33-23(17)15-28(3)4)27-25(32)26-20-8-6-5-7-9-20/h5-12,17-18,23,30H,13-16H2,1-4H3,(H2,26,27,32)/t17-,18-,23-/m0/s1. The van der Waals surface area contributed by atoms with Gasteiger partial charge in [0.1, 0.15) is 11.9 Å². The van der Waals surface area contributed by atoms with E-state index in [4.69, 9.17) is 4.74 Å². The van der Waals surface area contributed by atoms with Gasteiger partial charge in [0.25, 0.3) is 0 Å². The van der Waals surface area contributed by atoms with Gasteiger partial charge >= 0.3 is 6.03 Å². The summed E-state index contributed by atoms with van der Waals surface area (Å²) in [5, 5.41) is 15.3. The number of likely N-dealkylation sites (N-methyl/N-ethyl adjacent to an activating group) is 1. The number of fused-ring (bicyclic) bond motifs is 1.